The van der Waals surface area contributed by atoms with Gasteiger partial charge in [0, 0.05) is 55.3 Å². The van der Waals surface area contributed by atoms with Crippen LogP contribution in [0.15, 0.2) is 23.4 Å². The summed E-state index contributed by atoms with van der Waals surface area (Å²) >= 11 is 0. The summed E-state index contributed by atoms with van der Waals surface area (Å²) in [5.74, 6) is 0.885. The van der Waals surface area contributed by atoms with E-state index in [0.717, 1.165) is 16.9 Å². The van der Waals surface area contributed by atoms with E-state index in [1.807, 2.05) is 6.92 Å². The number of anilines is 1. The highest BCUT2D eigenvalue weighted by Gasteiger charge is 2.29. The molecule has 3 aromatic rings. The Bertz CT molecular complexity index is 1640. The van der Waals surface area contributed by atoms with Crippen molar-refractivity contribution in [1.82, 2.24) is 33.0 Å². The number of aryl methyl sites for hydroxylation is 1. The Balaban J connectivity index is 1.35. The van der Waals surface area contributed by atoms with Crippen LogP contribution < -0.4 is 10.9 Å². The minimum Gasteiger partial charge on any atom is -0.377 e. The quantitative estimate of drug-likeness (QED) is 0.316. The fourth-order valence-corrected chi connectivity index (χ4v) is 6.70. The highest BCUT2D eigenvalue weighted by atomic mass is 32.2. The molecule has 218 valence electrons. The van der Waals surface area contributed by atoms with Gasteiger partial charge in [-0.15, -0.1) is 9.19 Å². The fraction of sp³-hybridized carbons (Fsp3) is 0.625. The van der Waals surface area contributed by atoms with Crippen LogP contribution in [0.3, 0.4) is 0 Å². The molecule has 5 rings (SSSR count). The molecule has 16 heteroatoms. The van der Waals surface area contributed by atoms with E-state index >= 15 is 0 Å². The van der Waals surface area contributed by atoms with E-state index in [4.69, 9.17) is 4.74 Å². The minimum absolute atomic E-state index is 0.0267. The van der Waals surface area contributed by atoms with Crippen LogP contribution in [0.5, 0.6) is 0 Å². The number of pyridine rings is 1. The van der Waals surface area contributed by atoms with Crippen LogP contribution in [0.4, 0.5) is 5.95 Å². The molecule has 0 aromatic carbocycles. The second kappa shape index (κ2) is 11.5. The number of piperidine rings is 1. The number of rotatable bonds is 12. The Hall–Kier alpha value is -2.95. The van der Waals surface area contributed by atoms with E-state index in [1.54, 1.807) is 12.3 Å². The fourth-order valence-electron chi connectivity index (χ4n) is 4.75. The van der Waals surface area contributed by atoms with Gasteiger partial charge in [0.2, 0.25) is 16.0 Å². The molecule has 40 heavy (non-hydrogen) atoms. The molecular weight excluding hydrogens is 560 g/mol. The van der Waals surface area contributed by atoms with Crippen molar-refractivity contribution in [2.24, 2.45) is 0 Å². The molecule has 0 radical (unpaired) electrons. The van der Waals surface area contributed by atoms with Gasteiger partial charge in [-0.2, -0.15) is 4.98 Å². The SMILES string of the molecule is CCOCc1cc2cnc(NC3CCN(S(C)(=O)=O)CC3)nc2n(CCCS(=O)(=O)n2cnc(C3CC3)n2)c1=O. The van der Waals surface area contributed by atoms with Crippen molar-refractivity contribution in [3.63, 3.8) is 0 Å². The molecule has 3 aromatic heterocycles. The maximum Gasteiger partial charge on any atom is 0.257 e. The Morgan fingerprint density at radius 2 is 1.85 bits per heavy atom. The van der Waals surface area contributed by atoms with Gasteiger partial charge in [-0.05, 0) is 45.1 Å². The normalized spacial score (nSPS) is 17.4. The summed E-state index contributed by atoms with van der Waals surface area (Å²) in [5, 5.41) is 8.02. The molecule has 1 aliphatic carbocycles. The van der Waals surface area contributed by atoms with Gasteiger partial charge in [0.15, 0.2) is 5.82 Å². The van der Waals surface area contributed by atoms with E-state index < -0.39 is 20.0 Å². The minimum atomic E-state index is -3.74. The lowest BCUT2D eigenvalue weighted by molar-refractivity contribution is 0.133. The predicted molar refractivity (Wildman–Crippen MR) is 148 cm³/mol. The van der Waals surface area contributed by atoms with Crippen LogP contribution in [0.1, 0.15) is 56.3 Å². The average Bonchev–Trinajstić information content (AvgIpc) is 3.64. The van der Waals surface area contributed by atoms with Gasteiger partial charge >= 0.3 is 0 Å². The molecule has 1 saturated carbocycles. The van der Waals surface area contributed by atoms with E-state index in [-0.39, 0.29) is 42.8 Å². The molecule has 1 aliphatic heterocycles. The summed E-state index contributed by atoms with van der Waals surface area (Å²) in [6.45, 7) is 3.31. The van der Waals surface area contributed by atoms with Gasteiger partial charge in [-0.1, -0.05) is 0 Å². The van der Waals surface area contributed by atoms with Crippen LogP contribution in [-0.2, 0) is 37.9 Å². The van der Waals surface area contributed by atoms with Crippen molar-refractivity contribution < 1.29 is 21.6 Å². The van der Waals surface area contributed by atoms with Gasteiger partial charge < -0.3 is 10.1 Å². The van der Waals surface area contributed by atoms with Crippen molar-refractivity contribution in [3.8, 4) is 0 Å². The number of ether oxygens (including phenoxy) is 1. The first kappa shape index (κ1) is 28.6. The third-order valence-corrected chi connectivity index (χ3v) is 9.97. The largest absolute Gasteiger partial charge is 0.377 e. The Kier molecular flexibility index (Phi) is 8.22. The number of aromatic nitrogens is 6. The Labute approximate surface area is 232 Å². The lowest BCUT2D eigenvalue weighted by Crippen LogP contribution is -2.42. The van der Waals surface area contributed by atoms with Gasteiger partial charge in [-0.3, -0.25) is 9.36 Å². The first-order valence-electron chi connectivity index (χ1n) is 13.4. The van der Waals surface area contributed by atoms with Crippen molar-refractivity contribution in [2.45, 2.75) is 64.1 Å². The lowest BCUT2D eigenvalue weighted by atomic mass is 10.1. The highest BCUT2D eigenvalue weighted by Crippen LogP contribution is 2.37. The number of nitrogens with one attached hydrogen (secondary N) is 1. The summed E-state index contributed by atoms with van der Waals surface area (Å²) in [7, 11) is -6.97. The number of sulfonamides is 1. The summed E-state index contributed by atoms with van der Waals surface area (Å²) in [5.41, 5.74) is 0.506. The van der Waals surface area contributed by atoms with Gasteiger partial charge in [0.25, 0.3) is 15.6 Å². The molecule has 0 atom stereocenters. The van der Waals surface area contributed by atoms with Gasteiger partial charge in [-0.25, -0.2) is 31.1 Å². The molecular formula is C24H34N8O6S2. The number of hydrogen-bond donors (Lipinski definition) is 1. The lowest BCUT2D eigenvalue weighted by Gasteiger charge is -2.30. The second-order valence-electron chi connectivity index (χ2n) is 10.2. The Morgan fingerprint density at radius 3 is 2.52 bits per heavy atom. The standard InChI is InChI=1S/C24H34N8O6S2/c1-3-38-15-19-13-18-14-25-24(27-20-7-10-30(11-8-20)39(2,34)35)28-22(18)31(23(19)33)9-4-12-40(36,37)32-16-26-21(29-32)17-5-6-17/h13-14,16-17,20H,3-12,15H2,1-2H3,(H,25,27,28). The van der Waals surface area contributed by atoms with E-state index in [0.29, 0.717) is 60.9 Å². The zero-order chi connectivity index (χ0) is 28.5. The molecule has 0 unspecified atom stereocenters. The predicted octanol–water partition coefficient (Wildman–Crippen LogP) is 0.901. The number of fused-ring (bicyclic) bond motifs is 1. The first-order valence-corrected chi connectivity index (χ1v) is 16.8. The molecule has 14 nitrogen and oxygen atoms in total. The maximum atomic E-state index is 13.4. The average molecular weight is 595 g/mol. The van der Waals surface area contributed by atoms with E-state index in [1.165, 1.54) is 21.5 Å². The molecule has 0 spiro atoms. The highest BCUT2D eigenvalue weighted by molar-refractivity contribution is 7.89. The van der Waals surface area contributed by atoms with E-state index in [2.05, 4.69) is 25.4 Å². The van der Waals surface area contributed by atoms with Gasteiger partial charge in [0.1, 0.15) is 12.0 Å². The van der Waals surface area contributed by atoms with Crippen LogP contribution >= 0.6 is 0 Å². The molecule has 4 heterocycles. The van der Waals surface area contributed by atoms with Crippen LogP contribution in [0.25, 0.3) is 11.0 Å². The molecule has 2 aliphatic rings. The van der Waals surface area contributed by atoms with Crippen LogP contribution in [0.2, 0.25) is 0 Å². The van der Waals surface area contributed by atoms with Gasteiger partial charge in [0.05, 0.1) is 18.6 Å². The van der Waals surface area contributed by atoms with Crippen molar-refractivity contribution >= 4 is 37.0 Å². The number of nitrogens with zero attached hydrogens (tertiary/aromatic N) is 7. The second-order valence-corrected chi connectivity index (χ2v) is 14.2. The zero-order valence-electron chi connectivity index (χ0n) is 22.6. The third kappa shape index (κ3) is 6.50. The molecule has 1 saturated heterocycles. The summed E-state index contributed by atoms with van der Waals surface area (Å²) in [6, 6.07) is 1.67. The van der Waals surface area contributed by atoms with Crippen molar-refractivity contribution in [3.05, 3.63) is 40.3 Å². The molecule has 0 amide bonds. The molecule has 1 N–H and O–H groups in total. The molecule has 0 bridgehead atoms. The van der Waals surface area contributed by atoms with Crippen LogP contribution in [0, 0.1) is 0 Å². The number of hydrogen-bond acceptors (Lipinski definition) is 11. The Morgan fingerprint density at radius 1 is 1.10 bits per heavy atom. The smallest absolute Gasteiger partial charge is 0.257 e. The topological polar surface area (TPSA) is 171 Å². The maximum absolute atomic E-state index is 13.4. The van der Waals surface area contributed by atoms with Crippen molar-refractivity contribution in [1.29, 1.82) is 0 Å². The third-order valence-electron chi connectivity index (χ3n) is 7.12. The zero-order valence-corrected chi connectivity index (χ0v) is 24.2. The molecule has 2 fully saturated rings. The summed E-state index contributed by atoms with van der Waals surface area (Å²) < 4.78 is 58.7. The first-order chi connectivity index (χ1) is 19.0. The van der Waals surface area contributed by atoms with Crippen molar-refractivity contribution in [2.75, 3.05) is 37.0 Å². The monoisotopic (exact) mass is 594 g/mol. The van der Waals surface area contributed by atoms with Crippen LogP contribution in [-0.4, -0.2) is 87.6 Å². The summed E-state index contributed by atoms with van der Waals surface area (Å²) in [4.78, 5) is 26.6. The summed E-state index contributed by atoms with van der Waals surface area (Å²) in [6.07, 6.45) is 7.34. The van der Waals surface area contributed by atoms with E-state index in [9.17, 15) is 21.6 Å².